The van der Waals surface area contributed by atoms with Gasteiger partial charge in [-0.05, 0) is 32.0 Å². The molecule has 0 aliphatic carbocycles. The molecule has 0 bridgehead atoms. The monoisotopic (exact) mass is 384 g/mol. The fraction of sp³-hybridized carbons (Fsp3) is 0.810. The van der Waals surface area contributed by atoms with Crippen LogP contribution in [0.5, 0.6) is 0 Å². The van der Waals surface area contributed by atoms with E-state index in [-0.39, 0.29) is 35.9 Å². The molecule has 4 nitrogen and oxygen atoms in total. The summed E-state index contributed by atoms with van der Waals surface area (Å²) < 4.78 is 17.7. The number of methoxy groups -OCH3 is 1. The first kappa shape index (κ1) is 25.4. The van der Waals surface area contributed by atoms with Gasteiger partial charge in [-0.2, -0.15) is 0 Å². The Labute approximate surface area is 162 Å². The SMILES string of the molecule is C=CC(C)(O)[C@@H](C)[C@H](OCOC)[C@H](C)[C@H](C#CC)O[Si](C)(C)C(C)(C)C. The van der Waals surface area contributed by atoms with E-state index in [1.165, 1.54) is 0 Å². The van der Waals surface area contributed by atoms with Crippen molar-refractivity contribution >= 4 is 8.32 Å². The van der Waals surface area contributed by atoms with Gasteiger partial charge < -0.3 is 19.0 Å². The second-order valence-corrected chi connectivity index (χ2v) is 13.6. The zero-order valence-corrected chi connectivity index (χ0v) is 19.5. The summed E-state index contributed by atoms with van der Waals surface area (Å²) in [5, 5.41) is 10.8. The van der Waals surface area contributed by atoms with Gasteiger partial charge >= 0.3 is 0 Å². The average molecular weight is 385 g/mol. The van der Waals surface area contributed by atoms with Crippen LogP contribution in [-0.2, 0) is 13.9 Å². The standard InChI is InChI=1S/C21H40O4Si/c1-12-14-18(25-26(10,11)20(5,6)7)16(3)19(24-15-23-9)17(4)21(8,22)13-2/h13,16-19,22H,2,15H2,1,3-11H3/t16-,17+,18+,19-,21?/m1/s1. The topological polar surface area (TPSA) is 47.9 Å². The third-order valence-electron chi connectivity index (χ3n) is 5.72. The Morgan fingerprint density at radius 3 is 2.12 bits per heavy atom. The van der Waals surface area contributed by atoms with E-state index in [1.807, 2.05) is 13.8 Å². The van der Waals surface area contributed by atoms with Crippen LogP contribution in [0.15, 0.2) is 12.7 Å². The van der Waals surface area contributed by atoms with Crippen molar-refractivity contribution in [2.45, 2.75) is 84.4 Å². The van der Waals surface area contributed by atoms with Crippen molar-refractivity contribution in [2.24, 2.45) is 11.8 Å². The quantitative estimate of drug-likeness (QED) is 0.259. The lowest BCUT2D eigenvalue weighted by molar-refractivity contribution is -0.143. The highest BCUT2D eigenvalue weighted by Crippen LogP contribution is 2.39. The van der Waals surface area contributed by atoms with Gasteiger partial charge in [0.15, 0.2) is 8.32 Å². The molecule has 1 N–H and O–H groups in total. The lowest BCUT2D eigenvalue weighted by Gasteiger charge is -2.43. The van der Waals surface area contributed by atoms with Crippen molar-refractivity contribution in [3.63, 3.8) is 0 Å². The van der Waals surface area contributed by atoms with Gasteiger partial charge in [-0.3, -0.25) is 0 Å². The van der Waals surface area contributed by atoms with Crippen LogP contribution in [-0.4, -0.2) is 45.1 Å². The molecule has 0 aromatic heterocycles. The Bertz CT molecular complexity index is 496. The molecule has 0 aliphatic heterocycles. The highest BCUT2D eigenvalue weighted by Gasteiger charge is 2.43. The molecule has 0 saturated carbocycles. The van der Waals surface area contributed by atoms with Crippen LogP contribution in [0, 0.1) is 23.7 Å². The van der Waals surface area contributed by atoms with Gasteiger partial charge in [0.25, 0.3) is 0 Å². The molecule has 152 valence electrons. The minimum Gasteiger partial charge on any atom is -0.403 e. The lowest BCUT2D eigenvalue weighted by Crippen LogP contribution is -2.50. The van der Waals surface area contributed by atoms with Crippen LogP contribution < -0.4 is 0 Å². The molecule has 0 aromatic carbocycles. The number of rotatable bonds is 10. The van der Waals surface area contributed by atoms with Crippen LogP contribution in [0.2, 0.25) is 18.1 Å². The largest absolute Gasteiger partial charge is 0.403 e. The molecule has 0 amide bonds. The second-order valence-electron chi connectivity index (χ2n) is 8.81. The molecule has 0 rings (SSSR count). The van der Waals surface area contributed by atoms with Gasteiger partial charge in [0.05, 0.1) is 11.7 Å². The van der Waals surface area contributed by atoms with Crippen LogP contribution in [0.1, 0.15) is 48.5 Å². The van der Waals surface area contributed by atoms with E-state index in [1.54, 1.807) is 20.1 Å². The first-order chi connectivity index (χ1) is 11.7. The molecule has 0 heterocycles. The first-order valence-corrected chi connectivity index (χ1v) is 12.2. The summed E-state index contributed by atoms with van der Waals surface area (Å²) in [6.07, 6.45) is 0.993. The fourth-order valence-electron chi connectivity index (χ4n) is 2.49. The van der Waals surface area contributed by atoms with E-state index < -0.39 is 13.9 Å². The molecule has 26 heavy (non-hydrogen) atoms. The smallest absolute Gasteiger partial charge is 0.193 e. The summed E-state index contributed by atoms with van der Waals surface area (Å²) in [6.45, 7) is 22.6. The Kier molecular flexibility index (Phi) is 9.80. The molecule has 0 aromatic rings. The van der Waals surface area contributed by atoms with Crippen LogP contribution in [0.3, 0.4) is 0 Å². The minimum atomic E-state index is -2.01. The third-order valence-corrected chi connectivity index (χ3v) is 10.2. The fourth-order valence-corrected chi connectivity index (χ4v) is 3.76. The predicted molar refractivity (Wildman–Crippen MR) is 111 cm³/mol. The van der Waals surface area contributed by atoms with Gasteiger partial charge in [-0.1, -0.05) is 46.6 Å². The molecule has 1 unspecified atom stereocenters. The summed E-state index contributed by atoms with van der Waals surface area (Å²) >= 11 is 0. The second kappa shape index (κ2) is 10.1. The third kappa shape index (κ3) is 6.83. The Morgan fingerprint density at radius 1 is 1.19 bits per heavy atom. The Morgan fingerprint density at radius 2 is 1.73 bits per heavy atom. The predicted octanol–water partition coefficient (Wildman–Crippen LogP) is 4.60. The molecule has 5 atom stereocenters. The van der Waals surface area contributed by atoms with Gasteiger partial charge in [0.2, 0.25) is 0 Å². The van der Waals surface area contributed by atoms with Crippen molar-refractivity contribution in [1.82, 2.24) is 0 Å². The zero-order valence-electron chi connectivity index (χ0n) is 18.5. The van der Waals surface area contributed by atoms with E-state index in [0.717, 1.165) is 0 Å². The molecular formula is C21H40O4Si. The summed E-state index contributed by atoms with van der Waals surface area (Å²) in [6, 6.07) is 0. The maximum atomic E-state index is 10.7. The highest BCUT2D eigenvalue weighted by atomic mass is 28.4. The number of hydrogen-bond acceptors (Lipinski definition) is 4. The first-order valence-electron chi connectivity index (χ1n) is 9.31. The van der Waals surface area contributed by atoms with Crippen molar-refractivity contribution < 1.29 is 19.0 Å². The number of hydrogen-bond donors (Lipinski definition) is 1. The Balaban J connectivity index is 5.73. The Hall–Kier alpha value is -0.643. The van der Waals surface area contributed by atoms with Crippen molar-refractivity contribution in [1.29, 1.82) is 0 Å². The van der Waals surface area contributed by atoms with Gasteiger partial charge in [0, 0.05) is 18.9 Å². The van der Waals surface area contributed by atoms with E-state index >= 15 is 0 Å². The molecule has 5 heteroatoms. The minimum absolute atomic E-state index is 0.0480. The van der Waals surface area contributed by atoms with E-state index in [2.05, 4.69) is 59.2 Å². The highest BCUT2D eigenvalue weighted by molar-refractivity contribution is 6.74. The van der Waals surface area contributed by atoms with E-state index in [9.17, 15) is 5.11 Å². The number of aliphatic hydroxyl groups is 1. The van der Waals surface area contributed by atoms with Crippen LogP contribution >= 0.6 is 0 Å². The maximum Gasteiger partial charge on any atom is 0.193 e. The summed E-state index contributed by atoms with van der Waals surface area (Å²) in [7, 11) is -0.415. The maximum absolute atomic E-state index is 10.7. The molecule has 0 spiro atoms. The number of ether oxygens (including phenoxy) is 2. The van der Waals surface area contributed by atoms with Crippen LogP contribution in [0.25, 0.3) is 0 Å². The van der Waals surface area contributed by atoms with E-state index in [4.69, 9.17) is 13.9 Å². The summed E-state index contributed by atoms with van der Waals surface area (Å²) in [5.74, 6) is 5.98. The van der Waals surface area contributed by atoms with Gasteiger partial charge in [-0.25, -0.2) is 0 Å². The lowest BCUT2D eigenvalue weighted by atomic mass is 9.79. The van der Waals surface area contributed by atoms with Crippen molar-refractivity contribution in [3.05, 3.63) is 12.7 Å². The average Bonchev–Trinajstić information content (AvgIpc) is 2.53. The van der Waals surface area contributed by atoms with Crippen molar-refractivity contribution in [2.75, 3.05) is 13.9 Å². The molecule has 0 saturated heterocycles. The molecular weight excluding hydrogens is 344 g/mol. The summed E-state index contributed by atoms with van der Waals surface area (Å²) in [4.78, 5) is 0. The van der Waals surface area contributed by atoms with Crippen LogP contribution in [0.4, 0.5) is 0 Å². The zero-order chi connectivity index (χ0) is 20.8. The van der Waals surface area contributed by atoms with E-state index in [0.29, 0.717) is 0 Å². The molecule has 0 radical (unpaired) electrons. The molecule has 0 fully saturated rings. The normalized spacial score (nSPS) is 19.5. The van der Waals surface area contributed by atoms with Gasteiger partial charge in [-0.15, -0.1) is 12.5 Å². The molecule has 0 aliphatic rings. The van der Waals surface area contributed by atoms with Crippen molar-refractivity contribution in [3.8, 4) is 11.8 Å². The summed E-state index contributed by atoms with van der Waals surface area (Å²) in [5.41, 5.74) is -1.06. The van der Waals surface area contributed by atoms with Gasteiger partial charge in [0.1, 0.15) is 12.9 Å².